The molecular weight excluding hydrogens is 478 g/mol. The first kappa shape index (κ1) is 35.6. The van der Waals surface area contributed by atoms with Crippen molar-refractivity contribution in [2.24, 2.45) is 0 Å². The molecule has 0 saturated heterocycles. The summed E-state index contributed by atoms with van der Waals surface area (Å²) in [4.78, 5) is 34.5. The van der Waals surface area contributed by atoms with Gasteiger partial charge in [0.25, 0.3) is 0 Å². The van der Waals surface area contributed by atoms with E-state index in [-0.39, 0.29) is 24.5 Å². The van der Waals surface area contributed by atoms with Crippen LogP contribution in [-0.4, -0.2) is 35.6 Å². The molecule has 0 radical (unpaired) electrons. The SMILES string of the molecule is CCC/C=C\C/C=C\C(CCCCCCC(=O)NCC(=O)O)OC(=O)CCCCCCC/C=C\CCCC. The molecule has 0 aliphatic heterocycles. The third-order valence-electron chi connectivity index (χ3n) is 6.25. The lowest BCUT2D eigenvalue weighted by Gasteiger charge is -2.14. The minimum absolute atomic E-state index is 0.116. The number of carbonyl (C=O) groups is 3. The van der Waals surface area contributed by atoms with Crippen LogP contribution in [0.1, 0.15) is 136 Å². The van der Waals surface area contributed by atoms with Crippen molar-refractivity contribution in [3.8, 4) is 0 Å². The van der Waals surface area contributed by atoms with E-state index in [1.54, 1.807) is 0 Å². The highest BCUT2D eigenvalue weighted by Crippen LogP contribution is 2.14. The van der Waals surface area contributed by atoms with Crippen LogP contribution in [0, 0.1) is 0 Å². The third-order valence-corrected chi connectivity index (χ3v) is 6.25. The number of amides is 1. The second-order valence-corrected chi connectivity index (χ2v) is 10.00. The molecule has 0 saturated carbocycles. The predicted molar refractivity (Wildman–Crippen MR) is 157 cm³/mol. The van der Waals surface area contributed by atoms with Crippen LogP contribution in [0.5, 0.6) is 0 Å². The normalized spacial score (nSPS) is 12.5. The van der Waals surface area contributed by atoms with Crippen molar-refractivity contribution in [2.45, 2.75) is 142 Å². The van der Waals surface area contributed by atoms with E-state index >= 15 is 0 Å². The van der Waals surface area contributed by atoms with Crippen LogP contribution in [0.25, 0.3) is 0 Å². The summed E-state index contributed by atoms with van der Waals surface area (Å²) >= 11 is 0. The van der Waals surface area contributed by atoms with Gasteiger partial charge < -0.3 is 15.2 Å². The first-order valence-electron chi connectivity index (χ1n) is 15.1. The number of carboxylic acids is 1. The molecular formula is C32H55NO5. The maximum atomic E-state index is 12.4. The molecule has 0 spiro atoms. The van der Waals surface area contributed by atoms with Gasteiger partial charge in [-0.05, 0) is 63.9 Å². The summed E-state index contributed by atoms with van der Waals surface area (Å²) in [5.41, 5.74) is 0. The van der Waals surface area contributed by atoms with Gasteiger partial charge in [-0.1, -0.05) is 95.6 Å². The number of carboxylic acid groups (broad SMARTS) is 1. The zero-order valence-electron chi connectivity index (χ0n) is 24.3. The summed E-state index contributed by atoms with van der Waals surface area (Å²) in [5, 5.41) is 11.0. The summed E-state index contributed by atoms with van der Waals surface area (Å²) < 4.78 is 5.79. The fraction of sp³-hybridized carbons (Fsp3) is 0.719. The molecule has 0 aromatic heterocycles. The molecule has 0 heterocycles. The highest BCUT2D eigenvalue weighted by Gasteiger charge is 2.11. The maximum absolute atomic E-state index is 12.4. The Morgan fingerprint density at radius 2 is 1.34 bits per heavy atom. The molecule has 2 N–H and O–H groups in total. The van der Waals surface area contributed by atoms with Crippen LogP contribution in [0.15, 0.2) is 36.5 Å². The third kappa shape index (κ3) is 26.7. The number of hydrogen-bond donors (Lipinski definition) is 2. The van der Waals surface area contributed by atoms with E-state index in [1.165, 1.54) is 32.1 Å². The van der Waals surface area contributed by atoms with Crippen LogP contribution in [-0.2, 0) is 19.1 Å². The zero-order chi connectivity index (χ0) is 28.1. The van der Waals surface area contributed by atoms with Gasteiger partial charge >= 0.3 is 11.9 Å². The van der Waals surface area contributed by atoms with E-state index < -0.39 is 5.97 Å². The molecule has 0 fully saturated rings. The second kappa shape index (κ2) is 27.7. The quantitative estimate of drug-likeness (QED) is 0.0664. The average Bonchev–Trinajstić information content (AvgIpc) is 2.89. The van der Waals surface area contributed by atoms with E-state index in [0.29, 0.717) is 12.8 Å². The van der Waals surface area contributed by atoms with Gasteiger partial charge in [-0.15, -0.1) is 0 Å². The minimum atomic E-state index is -1.03. The van der Waals surface area contributed by atoms with Gasteiger partial charge in [0.1, 0.15) is 12.6 Å². The smallest absolute Gasteiger partial charge is 0.322 e. The van der Waals surface area contributed by atoms with Crippen LogP contribution in [0.4, 0.5) is 0 Å². The number of allylic oxidation sites excluding steroid dienone is 5. The summed E-state index contributed by atoms with van der Waals surface area (Å²) in [6.07, 6.45) is 31.4. The Balaban J connectivity index is 4.20. The van der Waals surface area contributed by atoms with Crippen LogP contribution in [0.2, 0.25) is 0 Å². The molecule has 1 amide bonds. The minimum Gasteiger partial charge on any atom is -0.480 e. The first-order chi connectivity index (χ1) is 18.5. The maximum Gasteiger partial charge on any atom is 0.322 e. The molecule has 0 aliphatic rings. The molecule has 218 valence electrons. The lowest BCUT2D eigenvalue weighted by Crippen LogP contribution is -2.28. The van der Waals surface area contributed by atoms with Crippen molar-refractivity contribution in [2.75, 3.05) is 6.54 Å². The van der Waals surface area contributed by atoms with Crippen LogP contribution < -0.4 is 5.32 Å². The molecule has 6 nitrogen and oxygen atoms in total. The summed E-state index contributed by atoms with van der Waals surface area (Å²) in [7, 11) is 0. The van der Waals surface area contributed by atoms with E-state index in [9.17, 15) is 14.4 Å². The number of hydrogen-bond acceptors (Lipinski definition) is 4. The van der Waals surface area contributed by atoms with Crippen molar-refractivity contribution in [3.05, 3.63) is 36.5 Å². The number of ether oxygens (including phenoxy) is 1. The van der Waals surface area contributed by atoms with Gasteiger partial charge in [-0.2, -0.15) is 0 Å². The lowest BCUT2D eigenvalue weighted by atomic mass is 10.1. The highest BCUT2D eigenvalue weighted by molar-refractivity contribution is 5.80. The largest absolute Gasteiger partial charge is 0.480 e. The molecule has 0 aromatic carbocycles. The van der Waals surface area contributed by atoms with E-state index in [4.69, 9.17) is 9.84 Å². The summed E-state index contributed by atoms with van der Waals surface area (Å²) in [6.45, 7) is 4.05. The van der Waals surface area contributed by atoms with Gasteiger partial charge in [0.05, 0.1) is 0 Å². The Kier molecular flexibility index (Phi) is 25.9. The number of aliphatic carboxylic acids is 1. The number of carbonyl (C=O) groups excluding carboxylic acids is 2. The molecule has 0 aliphatic carbocycles. The van der Waals surface area contributed by atoms with Crippen molar-refractivity contribution < 1.29 is 24.2 Å². The standard InChI is InChI=1S/C32H55NO5/c1-3-5-7-9-11-12-13-14-15-17-23-27-32(37)38-29(24-20-16-10-8-6-4-2)25-21-18-19-22-26-30(34)33-28-31(35)36/h8-11,20,24,29H,3-7,12-19,21-23,25-28H2,1-2H3,(H,33,34)(H,35,36)/b10-8-,11-9-,24-20-. The first-order valence-corrected chi connectivity index (χ1v) is 15.1. The van der Waals surface area contributed by atoms with Gasteiger partial charge in [0, 0.05) is 12.8 Å². The molecule has 0 rings (SSSR count). The van der Waals surface area contributed by atoms with Gasteiger partial charge in [-0.3, -0.25) is 14.4 Å². The zero-order valence-corrected chi connectivity index (χ0v) is 24.3. The molecule has 1 atom stereocenters. The average molecular weight is 534 g/mol. The topological polar surface area (TPSA) is 92.7 Å². The van der Waals surface area contributed by atoms with E-state index in [2.05, 4.69) is 49.5 Å². The van der Waals surface area contributed by atoms with Crippen molar-refractivity contribution in [3.63, 3.8) is 0 Å². The number of unbranched alkanes of at least 4 members (excludes halogenated alkanes) is 11. The Hall–Kier alpha value is -2.37. The van der Waals surface area contributed by atoms with E-state index in [1.807, 2.05) is 6.08 Å². The van der Waals surface area contributed by atoms with Crippen LogP contribution in [0.3, 0.4) is 0 Å². The molecule has 0 aromatic rings. The summed E-state index contributed by atoms with van der Waals surface area (Å²) in [5.74, 6) is -1.37. The van der Waals surface area contributed by atoms with Gasteiger partial charge in [0.2, 0.25) is 5.91 Å². The number of rotatable bonds is 26. The molecule has 38 heavy (non-hydrogen) atoms. The van der Waals surface area contributed by atoms with Crippen molar-refractivity contribution in [1.29, 1.82) is 0 Å². The fourth-order valence-electron chi connectivity index (χ4n) is 3.98. The Morgan fingerprint density at radius 3 is 2.05 bits per heavy atom. The number of esters is 1. The Bertz CT molecular complexity index is 683. The summed E-state index contributed by atoms with van der Waals surface area (Å²) in [6, 6.07) is 0. The number of nitrogens with one attached hydrogen (secondary N) is 1. The molecule has 0 bridgehead atoms. The van der Waals surface area contributed by atoms with Crippen LogP contribution >= 0.6 is 0 Å². The Morgan fingerprint density at radius 1 is 0.711 bits per heavy atom. The van der Waals surface area contributed by atoms with E-state index in [0.717, 1.165) is 77.0 Å². The fourth-order valence-corrected chi connectivity index (χ4v) is 3.98. The lowest BCUT2D eigenvalue weighted by molar-refractivity contribution is -0.147. The highest BCUT2D eigenvalue weighted by atomic mass is 16.5. The Labute approximate surface area is 232 Å². The van der Waals surface area contributed by atoms with Crippen molar-refractivity contribution >= 4 is 17.8 Å². The molecule has 6 heteroatoms. The van der Waals surface area contributed by atoms with Gasteiger partial charge in [-0.25, -0.2) is 0 Å². The predicted octanol–water partition coefficient (Wildman–Crippen LogP) is 8.22. The molecule has 1 unspecified atom stereocenters. The van der Waals surface area contributed by atoms with Gasteiger partial charge in [0.15, 0.2) is 0 Å². The monoisotopic (exact) mass is 533 g/mol. The second-order valence-electron chi connectivity index (χ2n) is 10.00. The van der Waals surface area contributed by atoms with Crippen molar-refractivity contribution in [1.82, 2.24) is 5.32 Å².